The van der Waals surface area contributed by atoms with Crippen molar-refractivity contribution in [3.63, 3.8) is 0 Å². The van der Waals surface area contributed by atoms with E-state index in [4.69, 9.17) is 0 Å². The molecule has 6 nitrogen and oxygen atoms in total. The molecule has 116 valence electrons. The molecule has 2 aromatic carbocycles. The average Bonchev–Trinajstić information content (AvgIpc) is 2.98. The summed E-state index contributed by atoms with van der Waals surface area (Å²) in [6, 6.07) is 11.8. The number of aromatic hydroxyl groups is 1. The van der Waals surface area contributed by atoms with Crippen molar-refractivity contribution in [2.75, 3.05) is 0 Å². The van der Waals surface area contributed by atoms with Crippen LogP contribution in [0.25, 0.3) is 11.0 Å². The van der Waals surface area contributed by atoms with E-state index < -0.39 is 11.9 Å². The summed E-state index contributed by atoms with van der Waals surface area (Å²) in [6.45, 7) is 1.79. The van der Waals surface area contributed by atoms with Gasteiger partial charge in [-0.1, -0.05) is 28.1 Å². The van der Waals surface area contributed by atoms with Crippen LogP contribution in [0.4, 0.5) is 0 Å². The number of carbonyl (C=O) groups excluding carboxylic acids is 1. The van der Waals surface area contributed by atoms with Gasteiger partial charge in [0.05, 0.1) is 16.6 Å². The number of imidazole rings is 1. The maximum Gasteiger partial charge on any atom is 0.298 e. The fraction of sp³-hybridized carbons (Fsp3) is 0.125. The smallest absolute Gasteiger partial charge is 0.298 e. The van der Waals surface area contributed by atoms with Crippen LogP contribution < -0.4 is 0 Å². The number of halogens is 1. The summed E-state index contributed by atoms with van der Waals surface area (Å²) in [5.41, 5.74) is 1.83. The molecular formula is C16H13BrN4O2. The predicted octanol–water partition coefficient (Wildman–Crippen LogP) is 4.38. The van der Waals surface area contributed by atoms with E-state index in [0.717, 1.165) is 11.0 Å². The van der Waals surface area contributed by atoms with Gasteiger partial charge in [-0.2, -0.15) is 5.11 Å². The van der Waals surface area contributed by atoms with E-state index in [0.29, 0.717) is 10.3 Å². The fourth-order valence-corrected chi connectivity index (χ4v) is 2.46. The number of phenolic OH excluding ortho intramolecular Hbond substituents is 1. The number of aromatic nitrogens is 2. The number of carbonyl (C=O) groups is 1. The minimum atomic E-state index is -0.605. The summed E-state index contributed by atoms with van der Waals surface area (Å²) in [6.07, 6.45) is 0. The van der Waals surface area contributed by atoms with Crippen LogP contribution in [-0.4, -0.2) is 21.0 Å². The lowest BCUT2D eigenvalue weighted by Gasteiger charge is -2.02. The van der Waals surface area contributed by atoms with Gasteiger partial charge in [0.1, 0.15) is 17.6 Å². The molecule has 0 bridgehead atoms. The number of para-hydroxylation sites is 2. The minimum absolute atomic E-state index is 0.0972. The van der Waals surface area contributed by atoms with Gasteiger partial charge in [-0.15, -0.1) is 5.11 Å². The van der Waals surface area contributed by atoms with E-state index in [-0.39, 0.29) is 11.3 Å². The highest BCUT2D eigenvalue weighted by Gasteiger charge is 2.13. The Kier molecular flexibility index (Phi) is 4.20. The first-order valence-electron chi connectivity index (χ1n) is 6.93. The van der Waals surface area contributed by atoms with Gasteiger partial charge in [-0.25, -0.2) is 4.98 Å². The van der Waals surface area contributed by atoms with Crippen LogP contribution in [-0.2, 0) is 0 Å². The summed E-state index contributed by atoms with van der Waals surface area (Å²) in [7, 11) is 0. The van der Waals surface area contributed by atoms with Crippen molar-refractivity contribution in [2.45, 2.75) is 13.0 Å². The molecular weight excluding hydrogens is 360 g/mol. The molecule has 0 saturated heterocycles. The van der Waals surface area contributed by atoms with Gasteiger partial charge < -0.3 is 10.1 Å². The van der Waals surface area contributed by atoms with E-state index in [2.05, 4.69) is 36.1 Å². The van der Waals surface area contributed by atoms with E-state index >= 15 is 0 Å². The molecule has 0 aliphatic carbocycles. The third-order valence-electron chi connectivity index (χ3n) is 3.31. The molecule has 0 radical (unpaired) electrons. The summed E-state index contributed by atoms with van der Waals surface area (Å²) >= 11 is 3.25. The lowest BCUT2D eigenvalue weighted by atomic mass is 10.2. The van der Waals surface area contributed by atoms with Crippen molar-refractivity contribution in [3.05, 3.63) is 58.3 Å². The number of H-pyrrole nitrogens is 1. The summed E-state index contributed by atoms with van der Waals surface area (Å²) in [5, 5.41) is 17.4. The Morgan fingerprint density at radius 3 is 2.87 bits per heavy atom. The molecule has 0 aliphatic rings. The molecule has 1 heterocycles. The van der Waals surface area contributed by atoms with E-state index in [1.807, 2.05) is 24.3 Å². The second-order valence-electron chi connectivity index (χ2n) is 5.00. The first-order valence-corrected chi connectivity index (χ1v) is 7.72. The number of amides is 1. The molecule has 0 aliphatic heterocycles. The zero-order chi connectivity index (χ0) is 16.4. The van der Waals surface area contributed by atoms with Crippen molar-refractivity contribution in [3.8, 4) is 5.75 Å². The number of benzene rings is 2. The van der Waals surface area contributed by atoms with Gasteiger partial charge in [0.15, 0.2) is 0 Å². The monoisotopic (exact) mass is 372 g/mol. The molecule has 7 heteroatoms. The average molecular weight is 373 g/mol. The van der Waals surface area contributed by atoms with Crippen molar-refractivity contribution in [1.82, 2.24) is 9.97 Å². The molecule has 1 amide bonds. The Bertz CT molecular complexity index is 871. The lowest BCUT2D eigenvalue weighted by Crippen LogP contribution is -1.97. The highest BCUT2D eigenvalue weighted by molar-refractivity contribution is 9.10. The minimum Gasteiger partial charge on any atom is -0.507 e. The van der Waals surface area contributed by atoms with E-state index in [1.165, 1.54) is 12.1 Å². The quantitative estimate of drug-likeness (QED) is 0.668. The third kappa shape index (κ3) is 3.29. The third-order valence-corrected chi connectivity index (χ3v) is 3.81. The molecule has 3 aromatic rings. The van der Waals surface area contributed by atoms with Crippen molar-refractivity contribution in [2.24, 2.45) is 10.2 Å². The number of hydrogen-bond acceptors (Lipinski definition) is 4. The first-order chi connectivity index (χ1) is 11.0. The largest absolute Gasteiger partial charge is 0.507 e. The molecule has 0 fully saturated rings. The van der Waals surface area contributed by atoms with E-state index in [1.54, 1.807) is 13.0 Å². The standard InChI is InChI=1S/C16H13BrN4O2/c1-9(15-18-12-4-2-3-5-13(12)19-15)20-21-16(23)11-8-10(17)6-7-14(11)22/h2-9,22H,1H3,(H,18,19). The van der Waals surface area contributed by atoms with Crippen LogP contribution in [0.5, 0.6) is 5.75 Å². The Morgan fingerprint density at radius 1 is 1.30 bits per heavy atom. The number of nitrogens with zero attached hydrogens (tertiary/aromatic N) is 3. The van der Waals surface area contributed by atoms with Crippen LogP contribution in [0.1, 0.15) is 29.1 Å². The second-order valence-corrected chi connectivity index (χ2v) is 5.91. The zero-order valence-corrected chi connectivity index (χ0v) is 13.8. The molecule has 1 aromatic heterocycles. The van der Waals surface area contributed by atoms with Gasteiger partial charge in [-0.3, -0.25) is 4.79 Å². The maximum atomic E-state index is 12.1. The normalized spacial score (nSPS) is 12.8. The number of rotatable bonds is 3. The summed E-state index contributed by atoms with van der Waals surface area (Å²) in [4.78, 5) is 19.6. The van der Waals surface area contributed by atoms with Gasteiger partial charge in [0.25, 0.3) is 5.91 Å². The maximum absolute atomic E-state index is 12.1. The molecule has 3 rings (SSSR count). The highest BCUT2D eigenvalue weighted by atomic mass is 79.9. The molecule has 0 saturated carbocycles. The van der Waals surface area contributed by atoms with Gasteiger partial charge in [-0.05, 0) is 37.3 Å². The molecule has 0 spiro atoms. The molecule has 23 heavy (non-hydrogen) atoms. The van der Waals surface area contributed by atoms with Crippen LogP contribution in [0.2, 0.25) is 0 Å². The van der Waals surface area contributed by atoms with Crippen molar-refractivity contribution >= 4 is 32.9 Å². The summed E-state index contributed by atoms with van der Waals surface area (Å²) in [5.74, 6) is -0.110. The molecule has 1 atom stereocenters. The van der Waals surface area contributed by atoms with Crippen LogP contribution in [0.15, 0.2) is 57.2 Å². The van der Waals surface area contributed by atoms with Crippen LogP contribution >= 0.6 is 15.9 Å². The Morgan fingerprint density at radius 2 is 2.09 bits per heavy atom. The van der Waals surface area contributed by atoms with Crippen molar-refractivity contribution < 1.29 is 9.90 Å². The fourth-order valence-electron chi connectivity index (χ4n) is 2.10. The molecule has 2 N–H and O–H groups in total. The van der Waals surface area contributed by atoms with Gasteiger partial charge in [0, 0.05) is 4.47 Å². The lowest BCUT2D eigenvalue weighted by molar-refractivity contribution is 0.0989. The topological polar surface area (TPSA) is 90.7 Å². The zero-order valence-electron chi connectivity index (χ0n) is 12.2. The van der Waals surface area contributed by atoms with Crippen LogP contribution in [0, 0.1) is 0 Å². The Labute approximate surface area is 140 Å². The molecule has 1 unspecified atom stereocenters. The van der Waals surface area contributed by atoms with E-state index in [9.17, 15) is 9.90 Å². The Balaban J connectivity index is 1.81. The first kappa shape index (κ1) is 15.4. The number of hydrogen-bond donors (Lipinski definition) is 2. The Hall–Kier alpha value is -2.54. The highest BCUT2D eigenvalue weighted by Crippen LogP contribution is 2.24. The van der Waals surface area contributed by atoms with Gasteiger partial charge in [0.2, 0.25) is 0 Å². The SMILES string of the molecule is CC(N=NC(=O)c1cc(Br)ccc1O)c1nc2ccccc2[nH]1. The number of fused-ring (bicyclic) bond motifs is 1. The number of azo groups is 1. The van der Waals surface area contributed by atoms with Gasteiger partial charge >= 0.3 is 0 Å². The van der Waals surface area contributed by atoms with Crippen molar-refractivity contribution in [1.29, 1.82) is 0 Å². The number of nitrogens with one attached hydrogen (secondary N) is 1. The summed E-state index contributed by atoms with van der Waals surface area (Å²) < 4.78 is 0.680. The number of phenols is 1. The predicted molar refractivity (Wildman–Crippen MR) is 89.5 cm³/mol. The number of aromatic amines is 1. The van der Waals surface area contributed by atoms with Crippen LogP contribution in [0.3, 0.4) is 0 Å². The second kappa shape index (κ2) is 6.29.